The van der Waals surface area contributed by atoms with Gasteiger partial charge in [-0.05, 0) is 6.07 Å². The summed E-state index contributed by atoms with van der Waals surface area (Å²) in [5.41, 5.74) is 1.70. The Morgan fingerprint density at radius 2 is 2.12 bits per heavy atom. The summed E-state index contributed by atoms with van der Waals surface area (Å²) in [7, 11) is 0. The SMILES string of the molecule is O=CNc1cnn2cc(NC(=O)C(F)(F)F)cc2c1-c1cn[nH]c1. The molecule has 11 heteroatoms. The fourth-order valence-corrected chi connectivity index (χ4v) is 2.19. The first kappa shape index (κ1) is 15.5. The van der Waals surface area contributed by atoms with Gasteiger partial charge in [0.1, 0.15) is 0 Å². The second-order valence-electron chi connectivity index (χ2n) is 4.69. The van der Waals surface area contributed by atoms with Crippen LogP contribution in [-0.4, -0.2) is 38.3 Å². The highest BCUT2D eigenvalue weighted by Crippen LogP contribution is 2.33. The zero-order valence-electron chi connectivity index (χ0n) is 11.8. The Hall–Kier alpha value is -3.37. The van der Waals surface area contributed by atoms with Gasteiger partial charge in [-0.25, -0.2) is 4.52 Å². The molecule has 0 aliphatic carbocycles. The molecule has 0 aliphatic rings. The first-order chi connectivity index (χ1) is 11.4. The van der Waals surface area contributed by atoms with Crippen molar-refractivity contribution < 1.29 is 22.8 Å². The van der Waals surface area contributed by atoms with Crippen LogP contribution in [-0.2, 0) is 9.59 Å². The normalized spacial score (nSPS) is 11.5. The van der Waals surface area contributed by atoms with Crippen LogP contribution >= 0.6 is 0 Å². The van der Waals surface area contributed by atoms with Gasteiger partial charge in [0.15, 0.2) is 0 Å². The largest absolute Gasteiger partial charge is 0.471 e. The van der Waals surface area contributed by atoms with Crippen LogP contribution < -0.4 is 10.6 Å². The van der Waals surface area contributed by atoms with E-state index in [1.165, 1.54) is 29.2 Å². The summed E-state index contributed by atoms with van der Waals surface area (Å²) >= 11 is 0. The summed E-state index contributed by atoms with van der Waals surface area (Å²) in [4.78, 5) is 21.8. The number of hydrogen-bond donors (Lipinski definition) is 3. The third-order valence-electron chi connectivity index (χ3n) is 3.15. The van der Waals surface area contributed by atoms with Crippen LogP contribution in [0.5, 0.6) is 0 Å². The minimum atomic E-state index is -5.00. The van der Waals surface area contributed by atoms with Crippen LogP contribution in [0.3, 0.4) is 0 Å². The molecule has 0 saturated carbocycles. The zero-order valence-corrected chi connectivity index (χ0v) is 11.8. The number of carbonyl (C=O) groups is 2. The summed E-state index contributed by atoms with van der Waals surface area (Å²) in [6, 6.07) is 1.31. The number of H-pyrrole nitrogens is 1. The molecule has 0 radical (unpaired) electrons. The van der Waals surface area contributed by atoms with Gasteiger partial charge >= 0.3 is 12.1 Å². The van der Waals surface area contributed by atoms with Crippen molar-refractivity contribution in [2.24, 2.45) is 0 Å². The summed E-state index contributed by atoms with van der Waals surface area (Å²) < 4.78 is 38.4. The van der Waals surface area contributed by atoms with Crippen LogP contribution in [0, 0.1) is 0 Å². The number of halogens is 3. The molecule has 3 aromatic heterocycles. The molecule has 24 heavy (non-hydrogen) atoms. The molecule has 0 atom stereocenters. The second kappa shape index (κ2) is 5.68. The summed E-state index contributed by atoms with van der Waals surface area (Å²) in [5.74, 6) is -2.09. The maximum Gasteiger partial charge on any atom is 0.471 e. The lowest BCUT2D eigenvalue weighted by Gasteiger charge is -2.08. The molecule has 0 unspecified atom stereocenters. The van der Waals surface area contributed by atoms with Crippen molar-refractivity contribution in [3.63, 3.8) is 0 Å². The van der Waals surface area contributed by atoms with Crippen molar-refractivity contribution in [2.45, 2.75) is 6.18 Å². The van der Waals surface area contributed by atoms with Gasteiger partial charge in [-0.3, -0.25) is 14.7 Å². The number of fused-ring (bicyclic) bond motifs is 1. The van der Waals surface area contributed by atoms with E-state index in [0.29, 0.717) is 28.7 Å². The van der Waals surface area contributed by atoms with E-state index in [2.05, 4.69) is 20.6 Å². The van der Waals surface area contributed by atoms with Gasteiger partial charge < -0.3 is 10.6 Å². The van der Waals surface area contributed by atoms with Gasteiger partial charge in [-0.2, -0.15) is 23.4 Å². The quantitative estimate of drug-likeness (QED) is 0.631. The van der Waals surface area contributed by atoms with Crippen molar-refractivity contribution in [3.05, 3.63) is 30.9 Å². The average Bonchev–Trinajstić information content (AvgIpc) is 3.15. The lowest BCUT2D eigenvalue weighted by atomic mass is 10.1. The predicted molar refractivity (Wildman–Crippen MR) is 77.1 cm³/mol. The fraction of sp³-hybridized carbons (Fsp3) is 0.0769. The fourth-order valence-electron chi connectivity index (χ4n) is 2.19. The van der Waals surface area contributed by atoms with E-state index in [1.807, 2.05) is 0 Å². The van der Waals surface area contributed by atoms with Crippen molar-refractivity contribution >= 4 is 29.2 Å². The Bertz CT molecular complexity index is 900. The molecule has 0 aromatic carbocycles. The Labute approximate surface area is 131 Å². The van der Waals surface area contributed by atoms with Crippen molar-refractivity contribution in [1.29, 1.82) is 0 Å². The molecule has 8 nitrogen and oxygen atoms in total. The number of nitrogens with zero attached hydrogens (tertiary/aromatic N) is 3. The van der Waals surface area contributed by atoms with Crippen molar-refractivity contribution in [3.8, 4) is 11.1 Å². The molecule has 0 aliphatic heterocycles. The summed E-state index contributed by atoms with van der Waals surface area (Å²) in [6.45, 7) is 0. The number of carbonyl (C=O) groups excluding carboxylic acids is 2. The number of aromatic amines is 1. The third kappa shape index (κ3) is 2.78. The molecule has 3 N–H and O–H groups in total. The van der Waals surface area contributed by atoms with Crippen LogP contribution in [0.15, 0.2) is 30.9 Å². The molecule has 0 fully saturated rings. The summed E-state index contributed by atoms with van der Waals surface area (Å²) in [6.07, 6.45) is 1.04. The highest BCUT2D eigenvalue weighted by molar-refractivity contribution is 5.98. The lowest BCUT2D eigenvalue weighted by molar-refractivity contribution is -0.167. The number of alkyl halides is 3. The van der Waals surface area contributed by atoms with E-state index in [9.17, 15) is 22.8 Å². The first-order valence-corrected chi connectivity index (χ1v) is 6.49. The van der Waals surface area contributed by atoms with E-state index in [-0.39, 0.29) is 5.69 Å². The lowest BCUT2D eigenvalue weighted by Crippen LogP contribution is -2.29. The van der Waals surface area contributed by atoms with Crippen LogP contribution in [0.2, 0.25) is 0 Å². The third-order valence-corrected chi connectivity index (χ3v) is 3.15. The number of nitrogens with one attached hydrogen (secondary N) is 3. The molecule has 3 rings (SSSR count). The topological polar surface area (TPSA) is 104 Å². The predicted octanol–water partition coefficient (Wildman–Crippen LogP) is 1.79. The van der Waals surface area contributed by atoms with Gasteiger partial charge in [0, 0.05) is 17.3 Å². The number of rotatable bonds is 4. The molecular formula is C13H9F3N6O2. The Morgan fingerprint density at radius 3 is 2.75 bits per heavy atom. The Kier molecular flexibility index (Phi) is 3.67. The monoisotopic (exact) mass is 338 g/mol. The maximum absolute atomic E-state index is 12.4. The molecule has 0 saturated heterocycles. The minimum Gasteiger partial charge on any atom is -0.327 e. The van der Waals surface area contributed by atoms with Crippen molar-refractivity contribution in [1.82, 2.24) is 19.8 Å². The van der Waals surface area contributed by atoms with Crippen LogP contribution in [0.25, 0.3) is 16.6 Å². The Morgan fingerprint density at radius 1 is 1.33 bits per heavy atom. The van der Waals surface area contributed by atoms with E-state index >= 15 is 0 Å². The zero-order chi connectivity index (χ0) is 17.3. The standard InChI is InChI=1S/C13H9F3N6O2/c14-13(15,16)12(24)21-8-1-10-11(7-2-18-19-3-7)9(17-6-23)4-20-22(10)5-8/h1-6H,(H,17,23)(H,18,19)(H,21,24). The summed E-state index contributed by atoms with van der Waals surface area (Å²) in [5, 5.41) is 14.6. The molecule has 124 valence electrons. The van der Waals surface area contributed by atoms with E-state index < -0.39 is 12.1 Å². The smallest absolute Gasteiger partial charge is 0.327 e. The molecule has 3 aromatic rings. The number of amides is 2. The van der Waals surface area contributed by atoms with Gasteiger partial charge in [0.2, 0.25) is 6.41 Å². The van der Waals surface area contributed by atoms with Crippen LogP contribution in [0.1, 0.15) is 0 Å². The van der Waals surface area contributed by atoms with Crippen molar-refractivity contribution in [2.75, 3.05) is 10.6 Å². The second-order valence-corrected chi connectivity index (χ2v) is 4.69. The number of aromatic nitrogens is 4. The van der Waals surface area contributed by atoms with Gasteiger partial charge in [-0.15, -0.1) is 0 Å². The molecule has 3 heterocycles. The van der Waals surface area contributed by atoms with E-state index in [0.717, 1.165) is 0 Å². The molecule has 0 spiro atoms. The van der Waals surface area contributed by atoms with E-state index in [4.69, 9.17) is 0 Å². The first-order valence-electron chi connectivity index (χ1n) is 6.49. The maximum atomic E-state index is 12.4. The van der Waals surface area contributed by atoms with Gasteiger partial charge in [0.05, 0.1) is 35.5 Å². The average molecular weight is 338 g/mol. The molecule has 0 bridgehead atoms. The van der Waals surface area contributed by atoms with Gasteiger partial charge in [-0.1, -0.05) is 0 Å². The minimum absolute atomic E-state index is 0.0853. The number of anilines is 2. The number of hydrogen-bond acceptors (Lipinski definition) is 4. The molecule has 2 amide bonds. The van der Waals surface area contributed by atoms with Crippen LogP contribution in [0.4, 0.5) is 24.5 Å². The van der Waals surface area contributed by atoms with Gasteiger partial charge in [0.25, 0.3) is 0 Å². The van der Waals surface area contributed by atoms with E-state index in [1.54, 1.807) is 11.5 Å². The Balaban J connectivity index is 2.10. The molecular weight excluding hydrogens is 329 g/mol. The highest BCUT2D eigenvalue weighted by Gasteiger charge is 2.38. The highest BCUT2D eigenvalue weighted by atomic mass is 19.4.